The summed E-state index contributed by atoms with van der Waals surface area (Å²) < 4.78 is 0. The van der Waals surface area contributed by atoms with E-state index >= 15 is 0 Å². The standard InChI is InChI=1S/C20H30O4/c1-2-3-4-5-6-9-13-18(21)14-10-7-8-11-15-19(22)16-12-17-20(23)24/h3-4,6-11,14-15,18-19,21-22H,2,5,12-13,16-17H2,1H3,(H,23,24)/b4-3+,8-7+,9-6+,14-10+,15-11+/t18-,19-/m1/s1. The molecule has 24 heavy (non-hydrogen) atoms. The summed E-state index contributed by atoms with van der Waals surface area (Å²) in [6, 6.07) is 0. The van der Waals surface area contributed by atoms with E-state index in [4.69, 9.17) is 5.11 Å². The Hall–Kier alpha value is -1.91. The third-order valence-electron chi connectivity index (χ3n) is 3.11. The molecule has 2 atom stereocenters. The number of carbonyl (C=O) groups is 1. The van der Waals surface area contributed by atoms with E-state index in [0.717, 1.165) is 12.8 Å². The van der Waals surface area contributed by atoms with Crippen molar-refractivity contribution in [1.82, 2.24) is 0 Å². The number of allylic oxidation sites excluding steroid dienone is 7. The lowest BCUT2D eigenvalue weighted by molar-refractivity contribution is -0.137. The van der Waals surface area contributed by atoms with Crippen molar-refractivity contribution in [3.8, 4) is 0 Å². The van der Waals surface area contributed by atoms with Gasteiger partial charge in [0.25, 0.3) is 0 Å². The van der Waals surface area contributed by atoms with Crippen molar-refractivity contribution in [3.05, 3.63) is 60.8 Å². The van der Waals surface area contributed by atoms with Gasteiger partial charge in [0.15, 0.2) is 0 Å². The predicted molar refractivity (Wildman–Crippen MR) is 98.7 cm³/mol. The number of carboxylic acids is 1. The van der Waals surface area contributed by atoms with Gasteiger partial charge in [0, 0.05) is 6.42 Å². The fourth-order valence-electron chi connectivity index (χ4n) is 1.82. The average Bonchev–Trinajstić information content (AvgIpc) is 2.53. The number of rotatable bonds is 13. The summed E-state index contributed by atoms with van der Waals surface area (Å²) in [6.07, 6.45) is 20.9. The van der Waals surface area contributed by atoms with Gasteiger partial charge in [-0.2, -0.15) is 0 Å². The molecule has 3 N–H and O–H groups in total. The second-order valence-corrected chi connectivity index (χ2v) is 5.40. The van der Waals surface area contributed by atoms with Crippen molar-refractivity contribution >= 4 is 5.97 Å². The molecule has 0 amide bonds. The van der Waals surface area contributed by atoms with Crippen LogP contribution in [0, 0.1) is 0 Å². The van der Waals surface area contributed by atoms with Gasteiger partial charge >= 0.3 is 5.97 Å². The Bertz CT molecular complexity index is 458. The van der Waals surface area contributed by atoms with Crippen LogP contribution in [0.15, 0.2) is 60.8 Å². The second-order valence-electron chi connectivity index (χ2n) is 5.40. The van der Waals surface area contributed by atoms with E-state index in [0.29, 0.717) is 19.3 Å². The molecule has 0 saturated carbocycles. The van der Waals surface area contributed by atoms with Crippen LogP contribution in [0.3, 0.4) is 0 Å². The third kappa shape index (κ3) is 16.5. The molecule has 0 heterocycles. The van der Waals surface area contributed by atoms with Crippen LogP contribution in [-0.2, 0) is 4.79 Å². The van der Waals surface area contributed by atoms with Gasteiger partial charge < -0.3 is 15.3 Å². The van der Waals surface area contributed by atoms with Crippen molar-refractivity contribution in [1.29, 1.82) is 0 Å². The minimum atomic E-state index is -0.845. The molecule has 0 aromatic heterocycles. The van der Waals surface area contributed by atoms with E-state index in [1.807, 2.05) is 12.2 Å². The van der Waals surface area contributed by atoms with Crippen molar-refractivity contribution < 1.29 is 20.1 Å². The summed E-state index contributed by atoms with van der Waals surface area (Å²) in [5.41, 5.74) is 0. The van der Waals surface area contributed by atoms with Gasteiger partial charge in [0.2, 0.25) is 0 Å². The van der Waals surface area contributed by atoms with Crippen molar-refractivity contribution in [3.63, 3.8) is 0 Å². The zero-order valence-electron chi connectivity index (χ0n) is 14.4. The van der Waals surface area contributed by atoms with E-state index in [2.05, 4.69) is 19.1 Å². The maximum absolute atomic E-state index is 10.3. The Labute approximate surface area is 145 Å². The molecule has 0 aliphatic carbocycles. The van der Waals surface area contributed by atoms with Gasteiger partial charge in [-0.25, -0.2) is 0 Å². The minimum Gasteiger partial charge on any atom is -0.481 e. The van der Waals surface area contributed by atoms with Crippen LogP contribution >= 0.6 is 0 Å². The smallest absolute Gasteiger partial charge is 0.303 e. The summed E-state index contributed by atoms with van der Waals surface area (Å²) >= 11 is 0. The van der Waals surface area contributed by atoms with Crippen LogP contribution < -0.4 is 0 Å². The number of aliphatic hydroxyl groups is 2. The fraction of sp³-hybridized carbons (Fsp3) is 0.450. The molecule has 4 heteroatoms. The lowest BCUT2D eigenvalue weighted by Gasteiger charge is -2.02. The number of hydrogen-bond acceptors (Lipinski definition) is 3. The number of hydrogen-bond donors (Lipinski definition) is 3. The van der Waals surface area contributed by atoms with Crippen molar-refractivity contribution in [2.45, 2.75) is 57.7 Å². The Balaban J connectivity index is 3.87. The third-order valence-corrected chi connectivity index (χ3v) is 3.11. The summed E-state index contributed by atoms with van der Waals surface area (Å²) in [4.78, 5) is 10.3. The molecule has 0 aliphatic heterocycles. The zero-order valence-corrected chi connectivity index (χ0v) is 14.4. The molecule has 0 saturated heterocycles. The SMILES string of the molecule is CC/C=C/C/C=C/C[C@@H](O)/C=C/C=C/C=C/[C@@H](O)CCCC(=O)O. The highest BCUT2D eigenvalue weighted by Gasteiger charge is 2.01. The molecule has 0 aromatic carbocycles. The lowest BCUT2D eigenvalue weighted by atomic mass is 10.1. The monoisotopic (exact) mass is 334 g/mol. The Morgan fingerprint density at radius 1 is 0.917 bits per heavy atom. The fourth-order valence-corrected chi connectivity index (χ4v) is 1.82. The highest BCUT2D eigenvalue weighted by molar-refractivity contribution is 5.66. The van der Waals surface area contributed by atoms with Gasteiger partial charge in [-0.15, -0.1) is 0 Å². The molecule has 0 fully saturated rings. The molecule has 0 spiro atoms. The van der Waals surface area contributed by atoms with Gasteiger partial charge in [0.1, 0.15) is 0 Å². The van der Waals surface area contributed by atoms with E-state index in [9.17, 15) is 15.0 Å². The first kappa shape index (κ1) is 22.1. The number of carboxylic acid groups (broad SMARTS) is 1. The van der Waals surface area contributed by atoms with Crippen LogP contribution in [0.5, 0.6) is 0 Å². The average molecular weight is 334 g/mol. The Kier molecular flexibility index (Phi) is 14.7. The Morgan fingerprint density at radius 3 is 2.17 bits per heavy atom. The molecule has 0 radical (unpaired) electrons. The molecule has 4 nitrogen and oxygen atoms in total. The quantitative estimate of drug-likeness (QED) is 0.352. The van der Waals surface area contributed by atoms with E-state index < -0.39 is 18.2 Å². The van der Waals surface area contributed by atoms with E-state index in [1.54, 1.807) is 36.5 Å². The maximum Gasteiger partial charge on any atom is 0.303 e. The molecule has 0 aliphatic rings. The summed E-state index contributed by atoms with van der Waals surface area (Å²) in [5.74, 6) is -0.845. The number of aliphatic carboxylic acids is 1. The predicted octanol–water partition coefficient (Wildman–Crippen LogP) is 3.93. The molecule has 0 rings (SSSR count). The summed E-state index contributed by atoms with van der Waals surface area (Å²) in [7, 11) is 0. The molecule has 0 aromatic rings. The van der Waals surface area contributed by atoms with Crippen LogP contribution in [0.25, 0.3) is 0 Å². The molecule has 134 valence electrons. The summed E-state index contributed by atoms with van der Waals surface area (Å²) in [5, 5.41) is 27.8. The van der Waals surface area contributed by atoms with E-state index in [1.165, 1.54) is 0 Å². The first-order chi connectivity index (χ1) is 11.6. The highest BCUT2D eigenvalue weighted by Crippen LogP contribution is 2.02. The number of aliphatic hydroxyl groups excluding tert-OH is 2. The van der Waals surface area contributed by atoms with Crippen molar-refractivity contribution in [2.24, 2.45) is 0 Å². The Morgan fingerprint density at radius 2 is 1.54 bits per heavy atom. The van der Waals surface area contributed by atoms with Crippen LogP contribution in [-0.4, -0.2) is 33.5 Å². The van der Waals surface area contributed by atoms with E-state index in [-0.39, 0.29) is 6.42 Å². The molecular formula is C20H30O4. The normalized spacial score (nSPS) is 15.5. The zero-order chi connectivity index (χ0) is 18.0. The largest absolute Gasteiger partial charge is 0.481 e. The first-order valence-electron chi connectivity index (χ1n) is 8.45. The molecule has 0 bridgehead atoms. The van der Waals surface area contributed by atoms with Gasteiger partial charge in [-0.1, -0.05) is 67.7 Å². The van der Waals surface area contributed by atoms with Crippen molar-refractivity contribution in [2.75, 3.05) is 0 Å². The topological polar surface area (TPSA) is 77.8 Å². The van der Waals surface area contributed by atoms with Gasteiger partial charge in [-0.3, -0.25) is 4.79 Å². The first-order valence-corrected chi connectivity index (χ1v) is 8.45. The summed E-state index contributed by atoms with van der Waals surface area (Å²) in [6.45, 7) is 2.09. The van der Waals surface area contributed by atoms with Gasteiger partial charge in [-0.05, 0) is 32.1 Å². The maximum atomic E-state index is 10.3. The van der Waals surface area contributed by atoms with Crippen LogP contribution in [0.4, 0.5) is 0 Å². The molecule has 0 unspecified atom stereocenters. The molecular weight excluding hydrogens is 304 g/mol. The lowest BCUT2D eigenvalue weighted by Crippen LogP contribution is -2.03. The van der Waals surface area contributed by atoms with Crippen LogP contribution in [0.2, 0.25) is 0 Å². The second kappa shape index (κ2) is 16.0. The highest BCUT2D eigenvalue weighted by atomic mass is 16.4. The van der Waals surface area contributed by atoms with Crippen LogP contribution in [0.1, 0.15) is 45.4 Å². The van der Waals surface area contributed by atoms with Gasteiger partial charge in [0.05, 0.1) is 12.2 Å². The minimum absolute atomic E-state index is 0.0741.